The average molecular weight is 312 g/mol. The van der Waals surface area contributed by atoms with Gasteiger partial charge in [0.1, 0.15) is 6.54 Å². The number of amides is 1. The molecule has 3 rings (SSSR count). The second-order valence-corrected chi connectivity index (χ2v) is 4.92. The Kier molecular flexibility index (Phi) is 3.67. The number of hydrogen-bond donors (Lipinski definition) is 1. The number of carbonyl (C=O) groups excluding carboxylic acids is 1. The van der Waals surface area contributed by atoms with Gasteiger partial charge in [-0.1, -0.05) is 5.21 Å². The van der Waals surface area contributed by atoms with Crippen molar-refractivity contribution >= 4 is 28.2 Å². The molecule has 9 nitrogen and oxygen atoms in total. The molecule has 116 valence electrons. The second kappa shape index (κ2) is 5.79. The monoisotopic (exact) mass is 312 g/mol. The van der Waals surface area contributed by atoms with Gasteiger partial charge < -0.3 is 5.32 Å². The van der Waals surface area contributed by atoms with Crippen molar-refractivity contribution in [1.82, 2.24) is 20.0 Å². The molecule has 0 spiro atoms. The first kappa shape index (κ1) is 14.6. The smallest absolute Gasteiger partial charge is 0.270 e. The van der Waals surface area contributed by atoms with Crippen molar-refractivity contribution in [3.8, 4) is 0 Å². The van der Waals surface area contributed by atoms with Gasteiger partial charge >= 0.3 is 0 Å². The summed E-state index contributed by atoms with van der Waals surface area (Å²) in [6.45, 7) is 1.78. The molecule has 9 heteroatoms. The number of nitro groups is 1. The fraction of sp³-hybridized carbons (Fsp3) is 0.143. The Morgan fingerprint density at radius 3 is 2.91 bits per heavy atom. The quantitative estimate of drug-likeness (QED) is 0.578. The lowest BCUT2D eigenvalue weighted by Gasteiger charge is -2.09. The van der Waals surface area contributed by atoms with Crippen molar-refractivity contribution in [2.24, 2.45) is 0 Å². The van der Waals surface area contributed by atoms with Gasteiger partial charge in [-0.3, -0.25) is 19.9 Å². The summed E-state index contributed by atoms with van der Waals surface area (Å²) in [5.41, 5.74) is 1.69. The van der Waals surface area contributed by atoms with Crippen LogP contribution in [0.2, 0.25) is 0 Å². The number of hydrogen-bond acceptors (Lipinski definition) is 6. The molecule has 0 saturated heterocycles. The number of non-ortho nitro benzene ring substituents is 1. The number of pyridine rings is 1. The molecular weight excluding hydrogens is 300 g/mol. The Hall–Kier alpha value is -3.36. The van der Waals surface area contributed by atoms with E-state index in [0.29, 0.717) is 22.3 Å². The van der Waals surface area contributed by atoms with Gasteiger partial charge in [-0.2, -0.15) is 0 Å². The molecule has 0 aliphatic carbocycles. The average Bonchev–Trinajstić information content (AvgIpc) is 2.99. The lowest BCUT2D eigenvalue weighted by atomic mass is 10.1. The lowest BCUT2D eigenvalue weighted by molar-refractivity contribution is -0.384. The van der Waals surface area contributed by atoms with Gasteiger partial charge in [0.05, 0.1) is 22.3 Å². The largest absolute Gasteiger partial charge is 0.324 e. The highest BCUT2D eigenvalue weighted by Crippen LogP contribution is 2.27. The van der Waals surface area contributed by atoms with Gasteiger partial charge in [0.15, 0.2) is 0 Å². The van der Waals surface area contributed by atoms with Crippen molar-refractivity contribution in [1.29, 1.82) is 0 Å². The molecule has 2 aromatic heterocycles. The fourth-order valence-corrected chi connectivity index (χ4v) is 2.22. The number of carbonyl (C=O) groups is 1. The van der Waals surface area contributed by atoms with Crippen LogP contribution in [0.15, 0.2) is 36.7 Å². The molecule has 0 atom stereocenters. The summed E-state index contributed by atoms with van der Waals surface area (Å²) in [5.74, 6) is -0.311. The predicted octanol–water partition coefficient (Wildman–Crippen LogP) is 1.68. The topological polar surface area (TPSA) is 116 Å². The Morgan fingerprint density at radius 1 is 1.39 bits per heavy atom. The van der Waals surface area contributed by atoms with Crippen LogP contribution in [0.4, 0.5) is 11.4 Å². The first-order valence-corrected chi connectivity index (χ1v) is 6.72. The SMILES string of the molecule is Cc1cc(NC(=O)Cn2ccnn2)c2cc([N+](=O)[O-])ccc2n1. The molecule has 0 aliphatic heterocycles. The summed E-state index contributed by atoms with van der Waals surface area (Å²) in [7, 11) is 0. The van der Waals surface area contributed by atoms with Crippen LogP contribution in [0.25, 0.3) is 10.9 Å². The summed E-state index contributed by atoms with van der Waals surface area (Å²) in [4.78, 5) is 26.9. The molecule has 1 amide bonds. The summed E-state index contributed by atoms with van der Waals surface area (Å²) < 4.78 is 1.38. The Bertz CT molecular complexity index is 891. The van der Waals surface area contributed by atoms with Crippen LogP contribution in [0.5, 0.6) is 0 Å². The molecule has 0 aliphatic rings. The predicted molar refractivity (Wildman–Crippen MR) is 81.8 cm³/mol. The van der Waals surface area contributed by atoms with Gasteiger partial charge in [-0.05, 0) is 19.1 Å². The molecular formula is C14H12N6O3. The zero-order valence-corrected chi connectivity index (χ0v) is 12.1. The minimum Gasteiger partial charge on any atom is -0.324 e. The molecule has 0 saturated carbocycles. The van der Waals surface area contributed by atoms with Gasteiger partial charge in [0.25, 0.3) is 5.69 Å². The minimum atomic E-state index is -0.486. The van der Waals surface area contributed by atoms with E-state index in [2.05, 4.69) is 20.6 Å². The van der Waals surface area contributed by atoms with Crippen LogP contribution in [0.1, 0.15) is 5.69 Å². The lowest BCUT2D eigenvalue weighted by Crippen LogP contribution is -2.19. The minimum absolute atomic E-state index is 0.00219. The third-order valence-electron chi connectivity index (χ3n) is 3.18. The van der Waals surface area contributed by atoms with E-state index in [1.165, 1.54) is 23.0 Å². The van der Waals surface area contributed by atoms with Crippen LogP contribution in [-0.2, 0) is 11.3 Å². The first-order valence-electron chi connectivity index (χ1n) is 6.72. The van der Waals surface area contributed by atoms with E-state index in [1.807, 2.05) is 0 Å². The van der Waals surface area contributed by atoms with Crippen LogP contribution < -0.4 is 5.32 Å². The second-order valence-electron chi connectivity index (χ2n) is 4.92. The van der Waals surface area contributed by atoms with E-state index in [4.69, 9.17) is 0 Å². The van der Waals surface area contributed by atoms with Gasteiger partial charge in [0.2, 0.25) is 5.91 Å². The van der Waals surface area contributed by atoms with E-state index in [9.17, 15) is 14.9 Å². The first-order chi connectivity index (χ1) is 11.0. The molecule has 0 radical (unpaired) electrons. The maximum Gasteiger partial charge on any atom is 0.270 e. The summed E-state index contributed by atoms with van der Waals surface area (Å²) >= 11 is 0. The molecule has 2 heterocycles. The van der Waals surface area contributed by atoms with Crippen molar-refractivity contribution in [2.45, 2.75) is 13.5 Å². The Labute approximate surface area is 130 Å². The van der Waals surface area contributed by atoms with Crippen molar-refractivity contribution < 1.29 is 9.72 Å². The third kappa shape index (κ3) is 3.12. The van der Waals surface area contributed by atoms with E-state index in [0.717, 1.165) is 0 Å². The molecule has 0 bridgehead atoms. The van der Waals surface area contributed by atoms with Gasteiger partial charge in [-0.25, -0.2) is 4.68 Å². The third-order valence-corrected chi connectivity index (χ3v) is 3.18. The molecule has 3 aromatic rings. The van der Waals surface area contributed by atoms with Crippen LogP contribution >= 0.6 is 0 Å². The highest BCUT2D eigenvalue weighted by atomic mass is 16.6. The zero-order chi connectivity index (χ0) is 16.4. The van der Waals surface area contributed by atoms with E-state index in [-0.39, 0.29) is 18.1 Å². The van der Waals surface area contributed by atoms with Crippen molar-refractivity contribution in [3.63, 3.8) is 0 Å². The summed E-state index contributed by atoms with van der Waals surface area (Å²) in [6.07, 6.45) is 3.04. The Morgan fingerprint density at radius 2 is 2.22 bits per heavy atom. The number of rotatable bonds is 4. The number of aromatic nitrogens is 4. The van der Waals surface area contributed by atoms with Gasteiger partial charge in [-0.15, -0.1) is 5.10 Å². The maximum atomic E-state index is 12.1. The van der Waals surface area contributed by atoms with E-state index in [1.54, 1.807) is 25.3 Å². The molecule has 1 aromatic carbocycles. The van der Waals surface area contributed by atoms with Crippen molar-refractivity contribution in [3.05, 3.63) is 52.5 Å². The highest BCUT2D eigenvalue weighted by Gasteiger charge is 2.13. The van der Waals surface area contributed by atoms with E-state index >= 15 is 0 Å². The van der Waals surface area contributed by atoms with E-state index < -0.39 is 4.92 Å². The van der Waals surface area contributed by atoms with Crippen LogP contribution in [0.3, 0.4) is 0 Å². The van der Waals surface area contributed by atoms with Crippen LogP contribution in [0, 0.1) is 17.0 Å². The Balaban J connectivity index is 1.96. The zero-order valence-electron chi connectivity index (χ0n) is 12.1. The normalized spacial score (nSPS) is 10.7. The number of fused-ring (bicyclic) bond motifs is 1. The number of aryl methyl sites for hydroxylation is 1. The standard InChI is InChI=1S/C14H12N6O3/c1-9-6-13(17-14(21)8-19-5-4-15-18-19)11-7-10(20(22)23)2-3-12(11)16-9/h2-7H,8H2,1H3,(H,16,17,21). The molecule has 0 fully saturated rings. The fourth-order valence-electron chi connectivity index (χ4n) is 2.22. The summed E-state index contributed by atoms with van der Waals surface area (Å²) in [6, 6.07) is 6.02. The summed E-state index contributed by atoms with van der Waals surface area (Å²) in [5, 5.41) is 21.5. The number of nitrogens with zero attached hydrogens (tertiary/aromatic N) is 5. The number of anilines is 1. The maximum absolute atomic E-state index is 12.1. The highest BCUT2D eigenvalue weighted by molar-refractivity contribution is 6.01. The van der Waals surface area contributed by atoms with Gasteiger partial charge in [0, 0.05) is 29.4 Å². The molecule has 1 N–H and O–H groups in total. The van der Waals surface area contributed by atoms with Crippen molar-refractivity contribution in [2.75, 3.05) is 5.32 Å². The number of benzene rings is 1. The molecule has 23 heavy (non-hydrogen) atoms. The number of nitrogens with one attached hydrogen (secondary N) is 1. The number of nitro benzene ring substituents is 1. The molecule has 0 unspecified atom stereocenters. The van der Waals surface area contributed by atoms with Crippen LogP contribution in [-0.4, -0.2) is 30.8 Å².